The second-order valence-electron chi connectivity index (χ2n) is 4.90. The number of rotatable bonds is 7. The van der Waals surface area contributed by atoms with Crippen molar-refractivity contribution in [2.45, 2.75) is 33.3 Å². The molecule has 0 aliphatic rings. The molecule has 112 valence electrons. The van der Waals surface area contributed by atoms with Crippen molar-refractivity contribution >= 4 is 11.6 Å². The van der Waals surface area contributed by atoms with Crippen LogP contribution >= 0.6 is 0 Å². The lowest BCUT2D eigenvalue weighted by molar-refractivity contribution is -0.129. The smallest absolute Gasteiger partial charge is 0.242 e. The van der Waals surface area contributed by atoms with Gasteiger partial charge in [0.25, 0.3) is 0 Å². The van der Waals surface area contributed by atoms with E-state index in [2.05, 4.69) is 0 Å². The largest absolute Gasteiger partial charge is 0.388 e. The van der Waals surface area contributed by atoms with Gasteiger partial charge in [-0.25, -0.2) is 0 Å². The fraction of sp³-hybridized carbons (Fsp3) is 0.562. The van der Waals surface area contributed by atoms with E-state index in [1.54, 1.807) is 0 Å². The molecule has 1 unspecified atom stereocenters. The van der Waals surface area contributed by atoms with Gasteiger partial charge in [0, 0.05) is 31.4 Å². The average molecular weight is 278 g/mol. The number of benzene rings is 1. The summed E-state index contributed by atoms with van der Waals surface area (Å²) in [5.74, 6) is 0.110. The van der Waals surface area contributed by atoms with Crippen molar-refractivity contribution in [3.05, 3.63) is 29.8 Å². The normalized spacial score (nSPS) is 12.1. The number of carbonyl (C=O) groups is 1. The Balaban J connectivity index is 2.87. The molecule has 0 spiro atoms. The van der Waals surface area contributed by atoms with Crippen molar-refractivity contribution in [1.29, 1.82) is 0 Å². The van der Waals surface area contributed by atoms with Gasteiger partial charge < -0.3 is 14.9 Å². The van der Waals surface area contributed by atoms with Gasteiger partial charge in [-0.05, 0) is 26.3 Å². The molecule has 0 heterocycles. The van der Waals surface area contributed by atoms with E-state index in [9.17, 15) is 9.90 Å². The monoisotopic (exact) mass is 278 g/mol. The molecule has 1 atom stereocenters. The fourth-order valence-corrected chi connectivity index (χ4v) is 2.30. The lowest BCUT2D eigenvalue weighted by Gasteiger charge is -2.27. The van der Waals surface area contributed by atoms with E-state index in [1.807, 2.05) is 61.9 Å². The molecule has 1 N–H and O–H groups in total. The van der Waals surface area contributed by atoms with Gasteiger partial charge in [-0.3, -0.25) is 4.79 Å². The Labute approximate surface area is 122 Å². The van der Waals surface area contributed by atoms with E-state index in [4.69, 9.17) is 0 Å². The Morgan fingerprint density at radius 1 is 1.20 bits per heavy atom. The minimum Gasteiger partial charge on any atom is -0.388 e. The third-order valence-electron chi connectivity index (χ3n) is 3.58. The zero-order chi connectivity index (χ0) is 15.1. The van der Waals surface area contributed by atoms with Crippen molar-refractivity contribution in [1.82, 2.24) is 4.90 Å². The molecule has 1 rings (SSSR count). The van der Waals surface area contributed by atoms with Crippen molar-refractivity contribution in [2.75, 3.05) is 31.6 Å². The molecular weight excluding hydrogens is 252 g/mol. The first-order valence-corrected chi connectivity index (χ1v) is 7.30. The van der Waals surface area contributed by atoms with E-state index in [0.29, 0.717) is 13.0 Å². The molecule has 0 aliphatic heterocycles. The summed E-state index contributed by atoms with van der Waals surface area (Å²) in [5, 5.41) is 10.1. The van der Waals surface area contributed by atoms with Crippen molar-refractivity contribution in [2.24, 2.45) is 0 Å². The van der Waals surface area contributed by atoms with Gasteiger partial charge >= 0.3 is 0 Å². The summed E-state index contributed by atoms with van der Waals surface area (Å²) in [6, 6.07) is 7.71. The van der Waals surface area contributed by atoms with Crippen molar-refractivity contribution in [3.63, 3.8) is 0 Å². The van der Waals surface area contributed by atoms with Crippen LogP contribution in [0.15, 0.2) is 24.3 Å². The van der Waals surface area contributed by atoms with E-state index >= 15 is 0 Å². The molecule has 0 saturated heterocycles. The maximum absolute atomic E-state index is 12.2. The quantitative estimate of drug-likeness (QED) is 0.833. The second kappa shape index (κ2) is 7.90. The summed E-state index contributed by atoms with van der Waals surface area (Å²) < 4.78 is 0. The van der Waals surface area contributed by atoms with Crippen LogP contribution in [-0.4, -0.2) is 42.6 Å². The molecule has 1 aromatic rings. The van der Waals surface area contributed by atoms with Crippen LogP contribution < -0.4 is 4.90 Å². The highest BCUT2D eigenvalue weighted by atomic mass is 16.3. The Kier molecular flexibility index (Phi) is 6.52. The van der Waals surface area contributed by atoms with Gasteiger partial charge in [0.15, 0.2) is 0 Å². The van der Waals surface area contributed by atoms with Gasteiger partial charge in [-0.2, -0.15) is 0 Å². The van der Waals surface area contributed by atoms with Gasteiger partial charge in [0.05, 0.1) is 12.6 Å². The third-order valence-corrected chi connectivity index (χ3v) is 3.58. The molecule has 1 aromatic carbocycles. The minimum atomic E-state index is -0.489. The number of amides is 1. The number of para-hydroxylation sites is 1. The van der Waals surface area contributed by atoms with Crippen LogP contribution in [0, 0.1) is 0 Å². The predicted molar refractivity (Wildman–Crippen MR) is 82.9 cm³/mol. The number of aliphatic hydroxyl groups excluding tert-OH is 1. The summed E-state index contributed by atoms with van der Waals surface area (Å²) in [5.41, 5.74) is 1.80. The zero-order valence-electron chi connectivity index (χ0n) is 13.0. The lowest BCUT2D eigenvalue weighted by Crippen LogP contribution is -2.39. The zero-order valence-corrected chi connectivity index (χ0v) is 13.0. The molecule has 4 heteroatoms. The number of hydrogen-bond acceptors (Lipinski definition) is 3. The number of likely N-dealkylation sites (N-methyl/N-ethyl adjacent to an activating group) is 2. The topological polar surface area (TPSA) is 43.8 Å². The molecule has 0 fully saturated rings. The van der Waals surface area contributed by atoms with Crippen LogP contribution in [0.25, 0.3) is 0 Å². The summed E-state index contributed by atoms with van der Waals surface area (Å²) in [6.07, 6.45) is 0.173. The van der Waals surface area contributed by atoms with Crippen molar-refractivity contribution in [3.8, 4) is 0 Å². The van der Waals surface area contributed by atoms with Crippen LogP contribution in [0.3, 0.4) is 0 Å². The van der Waals surface area contributed by atoms with Gasteiger partial charge in [0.1, 0.15) is 0 Å². The summed E-state index contributed by atoms with van der Waals surface area (Å²) in [6.45, 7) is 7.69. The van der Waals surface area contributed by atoms with E-state index < -0.39 is 6.10 Å². The number of carbonyl (C=O) groups excluding carboxylic acids is 1. The first-order valence-electron chi connectivity index (χ1n) is 7.30. The standard InChI is InChI=1S/C16H26N2O2/c1-5-15(19)13-10-8-9-11-14(13)17(4)12-16(20)18(6-2)7-3/h8-11,15,19H,5-7,12H2,1-4H3. The Hall–Kier alpha value is -1.55. The molecular formula is C16H26N2O2. The lowest BCUT2D eigenvalue weighted by atomic mass is 10.0. The molecule has 0 aliphatic carbocycles. The maximum Gasteiger partial charge on any atom is 0.242 e. The first kappa shape index (κ1) is 16.5. The number of nitrogens with zero attached hydrogens (tertiary/aromatic N) is 2. The molecule has 0 aromatic heterocycles. The van der Waals surface area contributed by atoms with Crippen LogP contribution in [0.4, 0.5) is 5.69 Å². The maximum atomic E-state index is 12.2. The predicted octanol–water partition coefficient (Wildman–Crippen LogP) is 2.43. The summed E-state index contributed by atoms with van der Waals surface area (Å²) in [4.78, 5) is 15.9. The van der Waals surface area contributed by atoms with Crippen LogP contribution in [0.2, 0.25) is 0 Å². The van der Waals surface area contributed by atoms with E-state index in [0.717, 1.165) is 24.3 Å². The van der Waals surface area contributed by atoms with E-state index in [-0.39, 0.29) is 5.91 Å². The highest BCUT2D eigenvalue weighted by Gasteiger charge is 2.17. The highest BCUT2D eigenvalue weighted by molar-refractivity contribution is 5.81. The second-order valence-corrected chi connectivity index (χ2v) is 4.90. The fourth-order valence-electron chi connectivity index (χ4n) is 2.30. The van der Waals surface area contributed by atoms with Gasteiger partial charge in [-0.1, -0.05) is 25.1 Å². The van der Waals surface area contributed by atoms with Crippen LogP contribution in [0.5, 0.6) is 0 Å². The number of anilines is 1. The number of hydrogen-bond donors (Lipinski definition) is 1. The summed E-state index contributed by atoms with van der Waals surface area (Å²) >= 11 is 0. The average Bonchev–Trinajstić information content (AvgIpc) is 2.47. The van der Waals surface area contributed by atoms with Crippen LogP contribution in [-0.2, 0) is 4.79 Å². The minimum absolute atomic E-state index is 0.110. The van der Waals surface area contributed by atoms with Crippen molar-refractivity contribution < 1.29 is 9.90 Å². The molecule has 1 amide bonds. The summed E-state index contributed by atoms with van der Waals surface area (Å²) in [7, 11) is 1.89. The molecule has 0 bridgehead atoms. The van der Waals surface area contributed by atoms with Crippen LogP contribution in [0.1, 0.15) is 38.9 Å². The van der Waals surface area contributed by atoms with E-state index in [1.165, 1.54) is 0 Å². The molecule has 0 radical (unpaired) electrons. The Morgan fingerprint density at radius 3 is 2.35 bits per heavy atom. The highest BCUT2D eigenvalue weighted by Crippen LogP contribution is 2.27. The first-order chi connectivity index (χ1) is 9.54. The molecule has 0 saturated carbocycles. The van der Waals surface area contributed by atoms with Gasteiger partial charge in [0.2, 0.25) is 5.91 Å². The molecule has 20 heavy (non-hydrogen) atoms. The molecule has 4 nitrogen and oxygen atoms in total. The third kappa shape index (κ3) is 3.97. The van der Waals surface area contributed by atoms with Gasteiger partial charge in [-0.15, -0.1) is 0 Å². The SMILES string of the molecule is CCC(O)c1ccccc1N(C)CC(=O)N(CC)CC. The Morgan fingerprint density at radius 2 is 1.80 bits per heavy atom. The number of aliphatic hydroxyl groups is 1. The Bertz CT molecular complexity index is 430.